The van der Waals surface area contributed by atoms with Crippen LogP contribution in [0.25, 0.3) is 0 Å². The van der Waals surface area contributed by atoms with Crippen molar-refractivity contribution >= 4 is 5.97 Å². The Hall–Kier alpha value is -0.570. The molecule has 14 heavy (non-hydrogen) atoms. The van der Waals surface area contributed by atoms with Gasteiger partial charge in [-0.25, -0.2) is 0 Å². The first-order valence-electron chi connectivity index (χ1n) is 5.52. The second-order valence-electron chi connectivity index (χ2n) is 4.78. The zero-order chi connectivity index (χ0) is 10.2. The van der Waals surface area contributed by atoms with Crippen LogP contribution >= 0.6 is 0 Å². The highest BCUT2D eigenvalue weighted by Crippen LogP contribution is 2.38. The van der Waals surface area contributed by atoms with Crippen molar-refractivity contribution in [3.8, 4) is 0 Å². The first-order valence-corrected chi connectivity index (χ1v) is 5.52. The third-order valence-electron chi connectivity index (χ3n) is 3.64. The molecule has 3 nitrogen and oxygen atoms in total. The van der Waals surface area contributed by atoms with Gasteiger partial charge in [0.25, 0.3) is 0 Å². The molecule has 2 unspecified atom stereocenters. The Labute approximate surface area is 84.4 Å². The number of rotatable bonds is 2. The molecule has 0 radical (unpaired) electrons. The minimum atomic E-state index is -0.605. The van der Waals surface area contributed by atoms with Crippen LogP contribution < -0.4 is 0 Å². The van der Waals surface area contributed by atoms with Crippen LogP contribution in [0.4, 0.5) is 0 Å². The van der Waals surface area contributed by atoms with Gasteiger partial charge in [-0.1, -0.05) is 12.8 Å². The third kappa shape index (κ3) is 1.65. The van der Waals surface area contributed by atoms with E-state index >= 15 is 0 Å². The van der Waals surface area contributed by atoms with Gasteiger partial charge in [-0.05, 0) is 32.1 Å². The number of esters is 1. The van der Waals surface area contributed by atoms with Crippen molar-refractivity contribution in [2.75, 3.05) is 0 Å². The van der Waals surface area contributed by atoms with E-state index in [1.807, 2.05) is 6.92 Å². The van der Waals surface area contributed by atoms with E-state index in [-0.39, 0.29) is 5.97 Å². The molecule has 2 rings (SSSR count). The molecular formula is C11H18O3. The van der Waals surface area contributed by atoms with E-state index in [1.54, 1.807) is 0 Å². The monoisotopic (exact) mass is 198 g/mol. The SMILES string of the molecule is CC1(C(O)C2CCCC2)CCC(=O)O1. The van der Waals surface area contributed by atoms with Crippen molar-refractivity contribution in [2.45, 2.75) is 57.2 Å². The molecule has 2 atom stereocenters. The Kier molecular flexibility index (Phi) is 2.52. The average Bonchev–Trinajstić information content (AvgIpc) is 2.75. The summed E-state index contributed by atoms with van der Waals surface area (Å²) in [5.74, 6) is 0.176. The van der Waals surface area contributed by atoms with E-state index < -0.39 is 11.7 Å². The molecule has 1 saturated heterocycles. The zero-order valence-electron chi connectivity index (χ0n) is 8.66. The van der Waals surface area contributed by atoms with Crippen molar-refractivity contribution in [3.63, 3.8) is 0 Å². The molecule has 1 aliphatic heterocycles. The molecule has 2 fully saturated rings. The molecule has 3 heteroatoms. The lowest BCUT2D eigenvalue weighted by Gasteiger charge is -2.32. The van der Waals surface area contributed by atoms with Crippen LogP contribution in [0.2, 0.25) is 0 Å². The molecule has 0 aromatic rings. The smallest absolute Gasteiger partial charge is 0.306 e. The summed E-state index contributed by atoms with van der Waals surface area (Å²) in [6, 6.07) is 0. The number of hydrogen-bond acceptors (Lipinski definition) is 3. The lowest BCUT2D eigenvalue weighted by molar-refractivity contribution is -0.159. The Morgan fingerprint density at radius 3 is 2.64 bits per heavy atom. The number of ether oxygens (including phenoxy) is 1. The maximum absolute atomic E-state index is 11.0. The summed E-state index contributed by atoms with van der Waals surface area (Å²) in [4.78, 5) is 11.0. The quantitative estimate of drug-likeness (QED) is 0.686. The summed E-state index contributed by atoms with van der Waals surface area (Å²) >= 11 is 0. The zero-order valence-corrected chi connectivity index (χ0v) is 8.66. The third-order valence-corrected chi connectivity index (χ3v) is 3.64. The van der Waals surface area contributed by atoms with Crippen LogP contribution in [-0.2, 0) is 9.53 Å². The summed E-state index contributed by atoms with van der Waals surface area (Å²) in [5, 5.41) is 10.1. The summed E-state index contributed by atoms with van der Waals surface area (Å²) in [6.45, 7) is 1.86. The molecule has 0 aromatic carbocycles. The molecule has 1 N–H and O–H groups in total. The Morgan fingerprint density at radius 1 is 1.50 bits per heavy atom. The van der Waals surface area contributed by atoms with Gasteiger partial charge in [0.05, 0.1) is 6.10 Å². The number of carbonyl (C=O) groups is 1. The van der Waals surface area contributed by atoms with Gasteiger partial charge in [0.1, 0.15) is 5.60 Å². The van der Waals surface area contributed by atoms with Crippen molar-refractivity contribution in [1.29, 1.82) is 0 Å². The maximum Gasteiger partial charge on any atom is 0.306 e. The standard InChI is InChI=1S/C11H18O3/c1-11(7-6-9(12)14-11)10(13)8-4-2-3-5-8/h8,10,13H,2-7H2,1H3. The van der Waals surface area contributed by atoms with Crippen molar-refractivity contribution < 1.29 is 14.6 Å². The first-order chi connectivity index (χ1) is 6.62. The predicted molar refractivity (Wildman–Crippen MR) is 51.7 cm³/mol. The number of cyclic esters (lactones) is 1. The van der Waals surface area contributed by atoms with E-state index in [1.165, 1.54) is 12.8 Å². The van der Waals surface area contributed by atoms with Crippen LogP contribution in [0.1, 0.15) is 45.4 Å². The van der Waals surface area contributed by atoms with Crippen molar-refractivity contribution in [1.82, 2.24) is 0 Å². The summed E-state index contributed by atoms with van der Waals surface area (Å²) in [7, 11) is 0. The molecule has 0 bridgehead atoms. The van der Waals surface area contributed by atoms with Crippen molar-refractivity contribution in [2.24, 2.45) is 5.92 Å². The average molecular weight is 198 g/mol. The fourth-order valence-corrected chi connectivity index (χ4v) is 2.69. The largest absolute Gasteiger partial charge is 0.457 e. The highest BCUT2D eigenvalue weighted by atomic mass is 16.6. The van der Waals surface area contributed by atoms with Gasteiger partial charge in [0.15, 0.2) is 0 Å². The fourth-order valence-electron chi connectivity index (χ4n) is 2.69. The molecule has 1 aliphatic carbocycles. The first kappa shape index (κ1) is 9.97. The van der Waals surface area contributed by atoms with Crippen LogP contribution in [0.3, 0.4) is 0 Å². The lowest BCUT2D eigenvalue weighted by atomic mass is 9.85. The summed E-state index contributed by atoms with van der Waals surface area (Å²) < 4.78 is 5.23. The van der Waals surface area contributed by atoms with Gasteiger partial charge < -0.3 is 9.84 Å². The molecule has 0 amide bonds. The Balaban J connectivity index is 2.02. The van der Waals surface area contributed by atoms with Gasteiger partial charge in [-0.2, -0.15) is 0 Å². The predicted octanol–water partition coefficient (Wildman–Crippen LogP) is 1.63. The van der Waals surface area contributed by atoms with Gasteiger partial charge in [0, 0.05) is 6.42 Å². The van der Waals surface area contributed by atoms with E-state index in [4.69, 9.17) is 4.74 Å². The maximum atomic E-state index is 11.0. The second kappa shape index (κ2) is 3.54. The molecule has 80 valence electrons. The molecule has 1 heterocycles. The lowest BCUT2D eigenvalue weighted by Crippen LogP contribution is -2.43. The van der Waals surface area contributed by atoms with Crippen LogP contribution in [0, 0.1) is 5.92 Å². The normalized spacial score (nSPS) is 36.0. The number of aliphatic hydroxyl groups excluding tert-OH is 1. The highest BCUT2D eigenvalue weighted by molar-refractivity contribution is 5.72. The number of aliphatic hydroxyl groups is 1. The van der Waals surface area contributed by atoms with Gasteiger partial charge in [-0.15, -0.1) is 0 Å². The minimum absolute atomic E-state index is 0.162. The van der Waals surface area contributed by atoms with E-state index in [0.29, 0.717) is 18.8 Å². The highest BCUT2D eigenvalue weighted by Gasteiger charge is 2.45. The summed E-state index contributed by atoms with van der Waals surface area (Å²) in [5.41, 5.74) is -0.605. The fraction of sp³-hybridized carbons (Fsp3) is 0.909. The summed E-state index contributed by atoms with van der Waals surface area (Å²) in [6.07, 6.45) is 5.22. The van der Waals surface area contributed by atoms with Crippen molar-refractivity contribution in [3.05, 3.63) is 0 Å². The molecule has 0 aromatic heterocycles. The molecule has 2 aliphatic rings. The number of hydrogen-bond donors (Lipinski definition) is 1. The van der Waals surface area contributed by atoms with E-state index in [9.17, 15) is 9.90 Å². The van der Waals surface area contributed by atoms with Gasteiger partial charge in [0.2, 0.25) is 0 Å². The van der Waals surface area contributed by atoms with Crippen LogP contribution in [0.15, 0.2) is 0 Å². The van der Waals surface area contributed by atoms with Crippen LogP contribution in [0.5, 0.6) is 0 Å². The Bertz CT molecular complexity index is 233. The molecule has 0 spiro atoms. The van der Waals surface area contributed by atoms with Gasteiger partial charge in [-0.3, -0.25) is 4.79 Å². The van der Waals surface area contributed by atoms with Crippen LogP contribution in [-0.4, -0.2) is 22.8 Å². The van der Waals surface area contributed by atoms with E-state index in [2.05, 4.69) is 0 Å². The topological polar surface area (TPSA) is 46.5 Å². The minimum Gasteiger partial charge on any atom is -0.457 e. The van der Waals surface area contributed by atoms with Gasteiger partial charge >= 0.3 is 5.97 Å². The second-order valence-corrected chi connectivity index (χ2v) is 4.78. The Morgan fingerprint density at radius 2 is 2.14 bits per heavy atom. The van der Waals surface area contributed by atoms with E-state index in [0.717, 1.165) is 12.8 Å². The number of carbonyl (C=O) groups excluding carboxylic acids is 1. The molecular weight excluding hydrogens is 180 g/mol. The molecule has 1 saturated carbocycles.